The zero-order chi connectivity index (χ0) is 14.9. The fourth-order valence-electron chi connectivity index (χ4n) is 1.83. The van der Waals surface area contributed by atoms with Crippen LogP contribution in [0, 0.1) is 0 Å². The summed E-state index contributed by atoms with van der Waals surface area (Å²) >= 11 is 0. The summed E-state index contributed by atoms with van der Waals surface area (Å²) in [6.45, 7) is 1.63. The average Bonchev–Trinajstić information content (AvgIpc) is 2.86. The Balaban J connectivity index is 2.32. The predicted molar refractivity (Wildman–Crippen MR) is 62.4 cm³/mol. The molecule has 2 rings (SSSR count). The lowest BCUT2D eigenvalue weighted by atomic mass is 9.95. The predicted octanol–water partition coefficient (Wildman–Crippen LogP) is 3.54. The number of carbonyl (C=O) groups is 1. The van der Waals surface area contributed by atoms with Gasteiger partial charge in [0, 0.05) is 5.92 Å². The second kappa shape index (κ2) is 4.99. The highest BCUT2D eigenvalue weighted by atomic mass is 19.4. The first-order valence-corrected chi connectivity index (χ1v) is 5.65. The maximum Gasteiger partial charge on any atom is 0.416 e. The second-order valence-corrected chi connectivity index (χ2v) is 4.25. The van der Waals surface area contributed by atoms with Crippen LogP contribution in [-0.2, 0) is 6.18 Å². The molecule has 1 aromatic carbocycles. The molecule has 4 nitrogen and oxygen atoms in total. The number of nitrogens with zero attached hydrogens (tertiary/aromatic N) is 1. The number of carboxylic acid groups (broad SMARTS) is 1. The fourth-order valence-corrected chi connectivity index (χ4v) is 1.83. The largest absolute Gasteiger partial charge is 0.478 e. The summed E-state index contributed by atoms with van der Waals surface area (Å²) in [5.41, 5.74) is -0.348. The molecule has 1 N–H and O–H groups in total. The van der Waals surface area contributed by atoms with E-state index in [4.69, 9.17) is 9.63 Å². The van der Waals surface area contributed by atoms with Gasteiger partial charge in [-0.2, -0.15) is 13.2 Å². The summed E-state index contributed by atoms with van der Waals surface area (Å²) in [7, 11) is 0. The lowest BCUT2D eigenvalue weighted by Gasteiger charge is -2.11. The number of halogens is 3. The highest BCUT2D eigenvalue weighted by Gasteiger charge is 2.30. The first-order chi connectivity index (χ1) is 9.30. The van der Waals surface area contributed by atoms with E-state index in [9.17, 15) is 18.0 Å². The molecule has 0 saturated carbocycles. The van der Waals surface area contributed by atoms with Gasteiger partial charge in [0.05, 0.1) is 11.8 Å². The van der Waals surface area contributed by atoms with Crippen LogP contribution < -0.4 is 0 Å². The Bertz CT molecular complexity index is 617. The molecule has 1 atom stereocenters. The van der Waals surface area contributed by atoms with Gasteiger partial charge in [-0.3, -0.25) is 0 Å². The van der Waals surface area contributed by atoms with Crippen molar-refractivity contribution in [1.29, 1.82) is 0 Å². The van der Waals surface area contributed by atoms with Crippen LogP contribution in [0.2, 0.25) is 0 Å². The number of aromatic nitrogens is 1. The third-order valence-electron chi connectivity index (χ3n) is 2.96. The van der Waals surface area contributed by atoms with Crippen molar-refractivity contribution in [2.24, 2.45) is 0 Å². The van der Waals surface area contributed by atoms with Gasteiger partial charge >= 0.3 is 12.1 Å². The van der Waals surface area contributed by atoms with Crippen LogP contribution in [0.5, 0.6) is 0 Å². The van der Waals surface area contributed by atoms with Gasteiger partial charge < -0.3 is 9.63 Å². The van der Waals surface area contributed by atoms with Crippen LogP contribution in [0.25, 0.3) is 0 Å². The van der Waals surface area contributed by atoms with Gasteiger partial charge in [-0.15, -0.1) is 0 Å². The topological polar surface area (TPSA) is 63.3 Å². The minimum Gasteiger partial charge on any atom is -0.478 e. The van der Waals surface area contributed by atoms with Gasteiger partial charge in [-0.1, -0.05) is 24.2 Å². The molecule has 0 aliphatic rings. The maximum absolute atomic E-state index is 12.5. The first kappa shape index (κ1) is 14.1. The number of hydrogen-bond acceptors (Lipinski definition) is 3. The zero-order valence-electron chi connectivity index (χ0n) is 10.3. The van der Waals surface area contributed by atoms with E-state index in [-0.39, 0.29) is 11.3 Å². The standard InChI is InChI=1S/C13H10F3NO3/c1-7(11-10(12(18)19)6-17-20-11)8-2-4-9(5-3-8)13(14,15)16/h2-7H,1H3,(H,18,19). The molecular weight excluding hydrogens is 275 g/mol. The number of alkyl halides is 3. The van der Waals surface area contributed by atoms with Gasteiger partial charge in [0.1, 0.15) is 5.56 Å². The van der Waals surface area contributed by atoms with E-state index in [1.54, 1.807) is 6.92 Å². The maximum atomic E-state index is 12.5. The number of carboxylic acids is 1. The molecule has 0 bridgehead atoms. The van der Waals surface area contributed by atoms with Gasteiger partial charge in [0.15, 0.2) is 5.76 Å². The van der Waals surface area contributed by atoms with Crippen molar-refractivity contribution in [2.75, 3.05) is 0 Å². The quantitative estimate of drug-likeness (QED) is 0.936. The normalized spacial score (nSPS) is 13.2. The molecule has 1 heterocycles. The van der Waals surface area contributed by atoms with E-state index in [2.05, 4.69) is 5.16 Å². The third kappa shape index (κ3) is 2.66. The number of rotatable bonds is 3. The van der Waals surface area contributed by atoms with Crippen LogP contribution in [-0.4, -0.2) is 16.2 Å². The summed E-state index contributed by atoms with van der Waals surface area (Å²) in [6, 6.07) is 4.48. The highest BCUT2D eigenvalue weighted by molar-refractivity contribution is 5.88. The van der Waals surface area contributed by atoms with Gasteiger partial charge in [-0.25, -0.2) is 4.79 Å². The van der Waals surface area contributed by atoms with Crippen molar-refractivity contribution < 1.29 is 27.6 Å². The Kier molecular flexibility index (Phi) is 3.52. The van der Waals surface area contributed by atoms with E-state index in [1.807, 2.05) is 0 Å². The second-order valence-electron chi connectivity index (χ2n) is 4.25. The lowest BCUT2D eigenvalue weighted by molar-refractivity contribution is -0.137. The third-order valence-corrected chi connectivity index (χ3v) is 2.96. The fraction of sp³-hybridized carbons (Fsp3) is 0.231. The van der Waals surface area contributed by atoms with E-state index < -0.39 is 23.6 Å². The molecule has 0 saturated heterocycles. The molecule has 0 spiro atoms. The first-order valence-electron chi connectivity index (χ1n) is 5.65. The average molecular weight is 285 g/mol. The summed E-state index contributed by atoms with van der Waals surface area (Å²) in [4.78, 5) is 11.0. The molecular formula is C13H10F3NO3. The van der Waals surface area contributed by atoms with Crippen LogP contribution in [0.15, 0.2) is 35.0 Å². The Labute approximate surface area is 111 Å². The molecule has 106 valence electrons. The van der Waals surface area contributed by atoms with Crippen LogP contribution >= 0.6 is 0 Å². The summed E-state index contributed by atoms with van der Waals surface area (Å²) < 4.78 is 42.3. The van der Waals surface area contributed by atoms with E-state index >= 15 is 0 Å². The van der Waals surface area contributed by atoms with Crippen molar-refractivity contribution in [1.82, 2.24) is 5.16 Å². The molecule has 1 unspecified atom stereocenters. The summed E-state index contributed by atoms with van der Waals surface area (Å²) in [6.07, 6.45) is -3.33. The molecule has 20 heavy (non-hydrogen) atoms. The Morgan fingerprint density at radius 2 is 1.90 bits per heavy atom. The minimum atomic E-state index is -4.40. The molecule has 0 radical (unpaired) electrons. The number of benzene rings is 1. The van der Waals surface area contributed by atoms with Gasteiger partial charge in [0.2, 0.25) is 0 Å². The van der Waals surface area contributed by atoms with E-state index in [1.165, 1.54) is 12.1 Å². The van der Waals surface area contributed by atoms with E-state index in [0.29, 0.717) is 5.56 Å². The molecule has 1 aromatic heterocycles. The van der Waals surface area contributed by atoms with Crippen LogP contribution in [0.3, 0.4) is 0 Å². The smallest absolute Gasteiger partial charge is 0.416 e. The Hall–Kier alpha value is -2.31. The lowest BCUT2D eigenvalue weighted by Crippen LogP contribution is -2.06. The molecule has 7 heteroatoms. The number of hydrogen-bond donors (Lipinski definition) is 1. The molecule has 0 fully saturated rings. The van der Waals surface area contributed by atoms with Crippen molar-refractivity contribution in [3.8, 4) is 0 Å². The Morgan fingerprint density at radius 3 is 2.40 bits per heavy atom. The molecule has 0 aliphatic heterocycles. The minimum absolute atomic E-state index is 0.0996. The molecule has 2 aromatic rings. The Morgan fingerprint density at radius 1 is 1.30 bits per heavy atom. The van der Waals surface area contributed by atoms with Crippen molar-refractivity contribution in [2.45, 2.75) is 19.0 Å². The van der Waals surface area contributed by atoms with Crippen LogP contribution in [0.1, 0.15) is 40.1 Å². The van der Waals surface area contributed by atoms with Gasteiger partial charge in [0.25, 0.3) is 0 Å². The van der Waals surface area contributed by atoms with Crippen LogP contribution in [0.4, 0.5) is 13.2 Å². The van der Waals surface area contributed by atoms with E-state index in [0.717, 1.165) is 18.3 Å². The van der Waals surface area contributed by atoms with Crippen molar-refractivity contribution in [3.05, 3.63) is 52.9 Å². The number of aromatic carboxylic acids is 1. The molecule has 0 amide bonds. The van der Waals surface area contributed by atoms with Crippen molar-refractivity contribution >= 4 is 5.97 Å². The highest BCUT2D eigenvalue weighted by Crippen LogP contribution is 2.32. The SMILES string of the molecule is CC(c1ccc(C(F)(F)F)cc1)c1oncc1C(=O)O. The molecule has 0 aliphatic carbocycles. The summed E-state index contributed by atoms with van der Waals surface area (Å²) in [5.74, 6) is -1.59. The summed E-state index contributed by atoms with van der Waals surface area (Å²) in [5, 5.41) is 12.4. The monoisotopic (exact) mass is 285 g/mol. The zero-order valence-corrected chi connectivity index (χ0v) is 10.3. The van der Waals surface area contributed by atoms with Gasteiger partial charge in [-0.05, 0) is 17.7 Å². The van der Waals surface area contributed by atoms with Crippen molar-refractivity contribution in [3.63, 3.8) is 0 Å².